The predicted molar refractivity (Wildman–Crippen MR) is 106 cm³/mol. The number of fused-ring (bicyclic) bond motifs is 1. The summed E-state index contributed by atoms with van der Waals surface area (Å²) in [6, 6.07) is 4.59. The van der Waals surface area contributed by atoms with Gasteiger partial charge in [-0.2, -0.15) is 13.2 Å². The Hall–Kier alpha value is -3.21. The molecule has 170 valence electrons. The SMILES string of the molecule is CCOc1cc2nc([C@H](F)C3CCOC3)cn2cc1NC(=O)c1cccc(C(F)(F)F)n1. The first-order chi connectivity index (χ1) is 15.3. The normalized spacial score (nSPS) is 17.5. The molecule has 1 unspecified atom stereocenters. The van der Waals surface area contributed by atoms with Crippen molar-refractivity contribution >= 4 is 17.2 Å². The zero-order chi connectivity index (χ0) is 22.9. The van der Waals surface area contributed by atoms with Crippen LogP contribution in [-0.2, 0) is 10.9 Å². The Morgan fingerprint density at radius 3 is 2.84 bits per heavy atom. The van der Waals surface area contributed by atoms with Gasteiger partial charge in [-0.1, -0.05) is 6.07 Å². The summed E-state index contributed by atoms with van der Waals surface area (Å²) in [5.41, 5.74) is -0.758. The highest BCUT2D eigenvalue weighted by molar-refractivity contribution is 6.03. The van der Waals surface area contributed by atoms with E-state index in [0.29, 0.717) is 25.3 Å². The van der Waals surface area contributed by atoms with Crippen LogP contribution >= 0.6 is 0 Å². The van der Waals surface area contributed by atoms with E-state index < -0.39 is 29.6 Å². The summed E-state index contributed by atoms with van der Waals surface area (Å²) in [7, 11) is 0. The Morgan fingerprint density at radius 2 is 2.16 bits per heavy atom. The number of hydrogen-bond donors (Lipinski definition) is 1. The van der Waals surface area contributed by atoms with Gasteiger partial charge in [0.1, 0.15) is 34.6 Å². The van der Waals surface area contributed by atoms with Gasteiger partial charge >= 0.3 is 6.18 Å². The number of carbonyl (C=O) groups is 1. The summed E-state index contributed by atoms with van der Waals surface area (Å²) in [5.74, 6) is -0.877. The van der Waals surface area contributed by atoms with Gasteiger partial charge in [-0.15, -0.1) is 0 Å². The first-order valence-electron chi connectivity index (χ1n) is 9.99. The van der Waals surface area contributed by atoms with Crippen molar-refractivity contribution in [2.75, 3.05) is 25.1 Å². The molecule has 0 saturated carbocycles. The van der Waals surface area contributed by atoms with Gasteiger partial charge in [-0.3, -0.25) is 4.79 Å². The molecule has 0 aliphatic carbocycles. The third kappa shape index (κ3) is 4.52. The summed E-state index contributed by atoms with van der Waals surface area (Å²) >= 11 is 0. The molecule has 1 N–H and O–H groups in total. The van der Waals surface area contributed by atoms with E-state index in [9.17, 15) is 22.4 Å². The number of rotatable bonds is 6. The number of hydrogen-bond acceptors (Lipinski definition) is 5. The predicted octanol–water partition coefficient (Wildman–Crippen LogP) is 4.45. The number of amides is 1. The zero-order valence-electron chi connectivity index (χ0n) is 17.0. The zero-order valence-corrected chi connectivity index (χ0v) is 17.0. The van der Waals surface area contributed by atoms with Gasteiger partial charge in [-0.05, 0) is 25.5 Å². The van der Waals surface area contributed by atoms with Gasteiger partial charge in [-0.25, -0.2) is 14.4 Å². The van der Waals surface area contributed by atoms with Crippen LogP contribution in [0.4, 0.5) is 23.2 Å². The molecule has 7 nitrogen and oxygen atoms in total. The van der Waals surface area contributed by atoms with Crippen molar-refractivity contribution in [3.05, 3.63) is 53.7 Å². The molecule has 1 fully saturated rings. The first kappa shape index (κ1) is 22.0. The van der Waals surface area contributed by atoms with Crippen LogP contribution in [0, 0.1) is 5.92 Å². The molecule has 1 saturated heterocycles. The summed E-state index contributed by atoms with van der Waals surface area (Å²) in [6.07, 6.45) is -2.40. The third-order valence-corrected chi connectivity index (χ3v) is 5.05. The maximum Gasteiger partial charge on any atom is 0.433 e. The van der Waals surface area contributed by atoms with Crippen LogP contribution in [0.2, 0.25) is 0 Å². The van der Waals surface area contributed by atoms with Crippen LogP contribution in [0.1, 0.15) is 41.4 Å². The van der Waals surface area contributed by atoms with Crippen LogP contribution in [0.3, 0.4) is 0 Å². The van der Waals surface area contributed by atoms with Crippen molar-refractivity contribution in [1.82, 2.24) is 14.4 Å². The summed E-state index contributed by atoms with van der Waals surface area (Å²) < 4.78 is 65.9. The van der Waals surface area contributed by atoms with Crippen LogP contribution < -0.4 is 10.1 Å². The molecule has 0 spiro atoms. The lowest BCUT2D eigenvalue weighted by molar-refractivity contribution is -0.141. The average Bonchev–Trinajstić information content (AvgIpc) is 3.43. The van der Waals surface area contributed by atoms with Crippen molar-refractivity contribution in [3.63, 3.8) is 0 Å². The van der Waals surface area contributed by atoms with Crippen LogP contribution in [0.5, 0.6) is 5.75 Å². The molecule has 1 amide bonds. The molecule has 3 aromatic heterocycles. The van der Waals surface area contributed by atoms with Crippen molar-refractivity contribution in [2.24, 2.45) is 5.92 Å². The number of anilines is 1. The minimum Gasteiger partial charge on any atom is -0.491 e. The fourth-order valence-corrected chi connectivity index (χ4v) is 3.47. The number of pyridine rings is 2. The summed E-state index contributed by atoms with van der Waals surface area (Å²) in [4.78, 5) is 20.3. The van der Waals surface area contributed by atoms with E-state index >= 15 is 0 Å². The topological polar surface area (TPSA) is 77.8 Å². The second kappa shape index (κ2) is 8.73. The molecule has 2 atom stereocenters. The van der Waals surface area contributed by atoms with E-state index in [1.807, 2.05) is 0 Å². The quantitative estimate of drug-likeness (QED) is 0.560. The van der Waals surface area contributed by atoms with E-state index in [2.05, 4.69) is 15.3 Å². The fraction of sp³-hybridized carbons (Fsp3) is 0.381. The molecule has 3 aromatic rings. The van der Waals surface area contributed by atoms with Gasteiger partial charge in [0.25, 0.3) is 5.91 Å². The molecule has 11 heteroatoms. The van der Waals surface area contributed by atoms with Crippen LogP contribution in [0.15, 0.2) is 36.7 Å². The molecular formula is C21H20F4N4O3. The van der Waals surface area contributed by atoms with Crippen LogP contribution in [0.25, 0.3) is 5.65 Å². The van der Waals surface area contributed by atoms with E-state index in [0.717, 1.165) is 12.1 Å². The molecular weight excluding hydrogens is 432 g/mol. The average molecular weight is 452 g/mol. The number of nitrogens with zero attached hydrogens (tertiary/aromatic N) is 3. The van der Waals surface area contributed by atoms with Crippen molar-refractivity contribution in [3.8, 4) is 5.75 Å². The minimum absolute atomic E-state index is 0.187. The number of nitrogens with one attached hydrogen (secondary N) is 1. The number of imidazole rings is 1. The highest BCUT2D eigenvalue weighted by atomic mass is 19.4. The lowest BCUT2D eigenvalue weighted by Gasteiger charge is -2.12. The molecule has 1 aliphatic rings. The molecule has 4 heterocycles. The maximum absolute atomic E-state index is 14.8. The van der Waals surface area contributed by atoms with E-state index in [4.69, 9.17) is 9.47 Å². The minimum atomic E-state index is -4.67. The van der Waals surface area contributed by atoms with Gasteiger partial charge in [0, 0.05) is 31.0 Å². The second-order valence-corrected chi connectivity index (χ2v) is 7.30. The van der Waals surface area contributed by atoms with E-state index in [1.165, 1.54) is 28.9 Å². The van der Waals surface area contributed by atoms with Gasteiger partial charge in [0.2, 0.25) is 0 Å². The van der Waals surface area contributed by atoms with E-state index in [1.54, 1.807) is 6.92 Å². The molecule has 0 bridgehead atoms. The third-order valence-electron chi connectivity index (χ3n) is 5.05. The molecule has 1 aliphatic heterocycles. The molecule has 0 aromatic carbocycles. The summed E-state index contributed by atoms with van der Waals surface area (Å²) in [6.45, 7) is 2.83. The number of carbonyl (C=O) groups excluding carboxylic acids is 1. The molecule has 32 heavy (non-hydrogen) atoms. The maximum atomic E-state index is 14.8. The standard InChI is InChI=1S/C21H20F4N4O3/c1-2-32-16-8-18-27-15(19(22)12-6-7-31-11-12)10-29(18)9-14(16)28-20(30)13-4-3-5-17(26-13)21(23,24)25/h3-5,8-10,12,19H,2,6-7,11H2,1H3,(H,28,30)/t12?,19-/m1/s1. The van der Waals surface area contributed by atoms with Crippen molar-refractivity contribution in [1.29, 1.82) is 0 Å². The number of aromatic nitrogens is 3. The number of halogens is 4. The largest absolute Gasteiger partial charge is 0.491 e. The monoisotopic (exact) mass is 452 g/mol. The Morgan fingerprint density at radius 1 is 1.34 bits per heavy atom. The van der Waals surface area contributed by atoms with Gasteiger partial charge < -0.3 is 19.2 Å². The fourth-order valence-electron chi connectivity index (χ4n) is 3.47. The van der Waals surface area contributed by atoms with Gasteiger partial charge in [0.05, 0.1) is 18.9 Å². The highest BCUT2D eigenvalue weighted by Crippen LogP contribution is 2.34. The Bertz CT molecular complexity index is 1130. The Balaban J connectivity index is 1.63. The molecule has 4 rings (SSSR count). The Kier molecular flexibility index (Phi) is 6.00. The van der Waals surface area contributed by atoms with Crippen molar-refractivity contribution < 1.29 is 31.8 Å². The first-order valence-corrected chi connectivity index (χ1v) is 9.99. The smallest absolute Gasteiger partial charge is 0.433 e. The lowest BCUT2D eigenvalue weighted by atomic mass is 10.0. The number of ether oxygens (including phenoxy) is 2. The molecule has 0 radical (unpaired) electrons. The Labute approximate surface area is 180 Å². The van der Waals surface area contributed by atoms with Gasteiger partial charge in [0.15, 0.2) is 0 Å². The number of alkyl halides is 4. The second-order valence-electron chi connectivity index (χ2n) is 7.30. The van der Waals surface area contributed by atoms with Crippen molar-refractivity contribution in [2.45, 2.75) is 25.7 Å². The highest BCUT2D eigenvalue weighted by Gasteiger charge is 2.33. The summed E-state index contributed by atoms with van der Waals surface area (Å²) in [5, 5.41) is 2.52. The van der Waals surface area contributed by atoms with Crippen LogP contribution in [-0.4, -0.2) is 40.1 Å². The lowest BCUT2D eigenvalue weighted by Crippen LogP contribution is -2.17. The van der Waals surface area contributed by atoms with E-state index in [-0.39, 0.29) is 29.7 Å².